The zero-order chi connectivity index (χ0) is 20.2. The Balaban J connectivity index is 1.59. The lowest BCUT2D eigenvalue weighted by molar-refractivity contribution is 0.0985. The van der Waals surface area contributed by atoms with Crippen molar-refractivity contribution in [2.24, 2.45) is 0 Å². The summed E-state index contributed by atoms with van der Waals surface area (Å²) in [5.41, 5.74) is 3.76. The molecule has 29 heavy (non-hydrogen) atoms. The predicted octanol–water partition coefficient (Wildman–Crippen LogP) is 4.40. The second kappa shape index (κ2) is 7.99. The molecule has 3 aromatic carbocycles. The SMILES string of the molecule is N#Cc1ccccc1NC(=O)c1cccc(C(=O)N2CCCc3ccccc32)c1. The average Bonchev–Trinajstić information content (AvgIpc) is 2.78. The van der Waals surface area contributed by atoms with Crippen molar-refractivity contribution in [1.82, 2.24) is 0 Å². The molecule has 0 saturated heterocycles. The Morgan fingerprint density at radius 3 is 2.55 bits per heavy atom. The first-order valence-corrected chi connectivity index (χ1v) is 9.47. The van der Waals surface area contributed by atoms with Gasteiger partial charge in [0.2, 0.25) is 0 Å². The molecule has 5 heteroatoms. The van der Waals surface area contributed by atoms with Crippen LogP contribution in [-0.4, -0.2) is 18.4 Å². The molecule has 1 aliphatic heterocycles. The smallest absolute Gasteiger partial charge is 0.258 e. The van der Waals surface area contributed by atoms with Gasteiger partial charge in [-0.2, -0.15) is 5.26 Å². The van der Waals surface area contributed by atoms with Gasteiger partial charge in [0, 0.05) is 23.4 Å². The van der Waals surface area contributed by atoms with Gasteiger partial charge in [0.1, 0.15) is 6.07 Å². The first-order valence-electron chi connectivity index (χ1n) is 9.47. The lowest BCUT2D eigenvalue weighted by Gasteiger charge is -2.29. The number of carbonyl (C=O) groups excluding carboxylic acids is 2. The van der Waals surface area contributed by atoms with Crippen LogP contribution in [0.3, 0.4) is 0 Å². The van der Waals surface area contributed by atoms with Gasteiger partial charge in [-0.15, -0.1) is 0 Å². The molecule has 0 bridgehead atoms. The molecule has 4 rings (SSSR count). The van der Waals surface area contributed by atoms with Gasteiger partial charge in [-0.3, -0.25) is 9.59 Å². The number of hydrogen-bond donors (Lipinski definition) is 1. The van der Waals surface area contributed by atoms with Gasteiger partial charge in [-0.05, 0) is 54.8 Å². The van der Waals surface area contributed by atoms with Crippen molar-refractivity contribution in [2.45, 2.75) is 12.8 Å². The first kappa shape index (κ1) is 18.5. The van der Waals surface area contributed by atoms with Gasteiger partial charge < -0.3 is 10.2 Å². The van der Waals surface area contributed by atoms with Crippen LogP contribution in [0.25, 0.3) is 0 Å². The van der Waals surface area contributed by atoms with E-state index >= 15 is 0 Å². The molecule has 3 aromatic rings. The number of para-hydroxylation sites is 2. The normalized spacial score (nSPS) is 12.6. The van der Waals surface area contributed by atoms with E-state index in [2.05, 4.69) is 11.4 Å². The minimum atomic E-state index is -0.360. The number of nitriles is 1. The summed E-state index contributed by atoms with van der Waals surface area (Å²) in [5, 5.41) is 11.9. The van der Waals surface area contributed by atoms with Gasteiger partial charge in [-0.1, -0.05) is 36.4 Å². The number of hydrogen-bond acceptors (Lipinski definition) is 3. The van der Waals surface area contributed by atoms with Crippen LogP contribution in [0, 0.1) is 11.3 Å². The van der Waals surface area contributed by atoms with Crippen molar-refractivity contribution in [2.75, 3.05) is 16.8 Å². The molecule has 2 amide bonds. The number of amides is 2. The largest absolute Gasteiger partial charge is 0.321 e. The summed E-state index contributed by atoms with van der Waals surface area (Å²) in [6.45, 7) is 0.655. The monoisotopic (exact) mass is 381 g/mol. The van der Waals surface area contributed by atoms with Crippen molar-refractivity contribution in [1.29, 1.82) is 5.26 Å². The molecule has 0 unspecified atom stereocenters. The maximum atomic E-state index is 13.1. The maximum Gasteiger partial charge on any atom is 0.258 e. The summed E-state index contributed by atoms with van der Waals surface area (Å²) in [5.74, 6) is -0.481. The van der Waals surface area contributed by atoms with Crippen LogP contribution >= 0.6 is 0 Å². The first-order chi connectivity index (χ1) is 14.2. The maximum absolute atomic E-state index is 13.1. The third-order valence-electron chi connectivity index (χ3n) is 5.02. The van der Waals surface area contributed by atoms with E-state index in [1.165, 1.54) is 0 Å². The zero-order valence-corrected chi connectivity index (χ0v) is 15.8. The van der Waals surface area contributed by atoms with Gasteiger partial charge >= 0.3 is 0 Å². The van der Waals surface area contributed by atoms with Crippen LogP contribution in [0.2, 0.25) is 0 Å². The van der Waals surface area contributed by atoms with Gasteiger partial charge in [-0.25, -0.2) is 0 Å². The number of carbonyl (C=O) groups is 2. The van der Waals surface area contributed by atoms with Crippen molar-refractivity contribution < 1.29 is 9.59 Å². The second-order valence-electron chi connectivity index (χ2n) is 6.88. The minimum absolute atomic E-state index is 0.121. The molecule has 142 valence electrons. The molecule has 0 atom stereocenters. The molecule has 1 N–H and O–H groups in total. The Hall–Kier alpha value is -3.91. The van der Waals surface area contributed by atoms with Gasteiger partial charge in [0.25, 0.3) is 11.8 Å². The Bertz CT molecular complexity index is 1130. The molecule has 5 nitrogen and oxygen atoms in total. The Labute approximate surface area is 169 Å². The molecule has 0 aliphatic carbocycles. The Kier molecular flexibility index (Phi) is 5.08. The Morgan fingerprint density at radius 1 is 0.931 bits per heavy atom. The van der Waals surface area contributed by atoms with Gasteiger partial charge in [0.15, 0.2) is 0 Å². The summed E-state index contributed by atoms with van der Waals surface area (Å²) in [6, 6.07) is 23.5. The molecular weight excluding hydrogens is 362 g/mol. The van der Waals surface area contributed by atoms with E-state index in [4.69, 9.17) is 0 Å². The van der Waals surface area contributed by atoms with E-state index in [0.29, 0.717) is 28.9 Å². The van der Waals surface area contributed by atoms with Crippen molar-refractivity contribution in [3.8, 4) is 6.07 Å². The van der Waals surface area contributed by atoms with Crippen LogP contribution in [0.15, 0.2) is 72.8 Å². The predicted molar refractivity (Wildman–Crippen MR) is 112 cm³/mol. The second-order valence-corrected chi connectivity index (χ2v) is 6.88. The van der Waals surface area contributed by atoms with Crippen LogP contribution in [0.5, 0.6) is 0 Å². The average molecular weight is 381 g/mol. The van der Waals surface area contributed by atoms with Crippen LogP contribution < -0.4 is 10.2 Å². The highest BCUT2D eigenvalue weighted by atomic mass is 16.2. The lowest BCUT2D eigenvalue weighted by Crippen LogP contribution is -2.35. The van der Waals surface area contributed by atoms with Crippen LogP contribution in [0.4, 0.5) is 11.4 Å². The molecule has 0 radical (unpaired) electrons. The third kappa shape index (κ3) is 3.74. The highest BCUT2D eigenvalue weighted by molar-refractivity contribution is 6.10. The van der Waals surface area contributed by atoms with E-state index < -0.39 is 0 Å². The topological polar surface area (TPSA) is 73.2 Å². The number of rotatable bonds is 3. The molecule has 1 heterocycles. The molecule has 1 aliphatic rings. The van der Waals surface area contributed by atoms with Gasteiger partial charge in [0.05, 0.1) is 11.3 Å². The molecule has 0 fully saturated rings. The molecule has 0 spiro atoms. The zero-order valence-electron chi connectivity index (χ0n) is 15.8. The number of anilines is 2. The summed E-state index contributed by atoms with van der Waals surface area (Å²) in [4.78, 5) is 27.6. The minimum Gasteiger partial charge on any atom is -0.321 e. The highest BCUT2D eigenvalue weighted by Crippen LogP contribution is 2.28. The van der Waals surface area contributed by atoms with Crippen molar-refractivity contribution in [3.05, 3.63) is 95.1 Å². The number of aryl methyl sites for hydroxylation is 1. The van der Waals surface area contributed by atoms with Crippen molar-refractivity contribution >= 4 is 23.2 Å². The van der Waals surface area contributed by atoms with E-state index in [0.717, 1.165) is 24.1 Å². The number of nitrogens with one attached hydrogen (secondary N) is 1. The van der Waals surface area contributed by atoms with Crippen LogP contribution in [0.1, 0.15) is 38.3 Å². The number of nitrogens with zero attached hydrogens (tertiary/aromatic N) is 2. The summed E-state index contributed by atoms with van der Waals surface area (Å²) < 4.78 is 0. The third-order valence-corrected chi connectivity index (χ3v) is 5.02. The van der Waals surface area contributed by atoms with E-state index in [9.17, 15) is 14.9 Å². The van der Waals surface area contributed by atoms with E-state index in [1.54, 1.807) is 53.4 Å². The number of fused-ring (bicyclic) bond motifs is 1. The summed E-state index contributed by atoms with van der Waals surface area (Å²) in [7, 11) is 0. The highest BCUT2D eigenvalue weighted by Gasteiger charge is 2.23. The fourth-order valence-electron chi connectivity index (χ4n) is 3.58. The standard InChI is InChI=1S/C24H19N3O2/c25-16-20-8-1-3-12-21(20)26-23(28)18-9-5-10-19(15-18)24(29)27-14-6-11-17-7-2-4-13-22(17)27/h1-5,7-10,12-13,15H,6,11,14H2,(H,26,28). The van der Waals surface area contributed by atoms with Crippen LogP contribution in [-0.2, 0) is 6.42 Å². The Morgan fingerprint density at radius 2 is 1.69 bits per heavy atom. The quantitative estimate of drug-likeness (QED) is 0.731. The number of benzene rings is 3. The fourth-order valence-corrected chi connectivity index (χ4v) is 3.58. The van der Waals surface area contributed by atoms with E-state index in [-0.39, 0.29) is 11.8 Å². The summed E-state index contributed by atoms with van der Waals surface area (Å²) >= 11 is 0. The molecular formula is C24H19N3O2. The fraction of sp³-hybridized carbons (Fsp3) is 0.125. The molecule has 0 saturated carbocycles. The van der Waals surface area contributed by atoms with E-state index in [1.807, 2.05) is 24.3 Å². The molecule has 0 aromatic heterocycles. The summed E-state index contributed by atoms with van der Waals surface area (Å²) in [6.07, 6.45) is 1.87. The lowest BCUT2D eigenvalue weighted by atomic mass is 10.0. The van der Waals surface area contributed by atoms with Crippen molar-refractivity contribution in [3.63, 3.8) is 0 Å².